The molecule has 7 nitrogen and oxygen atoms in total. The summed E-state index contributed by atoms with van der Waals surface area (Å²) < 4.78 is 147. The van der Waals surface area contributed by atoms with Crippen LogP contribution >= 0.6 is 0 Å². The van der Waals surface area contributed by atoms with Crippen LogP contribution in [0.25, 0.3) is 5.57 Å². The molecule has 2 aliphatic rings. The largest absolute Gasteiger partial charge is 0.487 e. The van der Waals surface area contributed by atoms with Crippen LogP contribution in [0.2, 0.25) is 0 Å². The molecule has 3 aromatic carbocycles. The zero-order valence-corrected chi connectivity index (χ0v) is 24.6. The van der Waals surface area contributed by atoms with Crippen LogP contribution in [0.3, 0.4) is 0 Å². The van der Waals surface area contributed by atoms with Crippen LogP contribution in [0.1, 0.15) is 54.9 Å². The highest BCUT2D eigenvalue weighted by atomic mass is 32.2. The lowest BCUT2D eigenvalue weighted by Gasteiger charge is -2.39. The van der Waals surface area contributed by atoms with Gasteiger partial charge in [0.05, 0.1) is 5.56 Å². The predicted molar refractivity (Wildman–Crippen MR) is 145 cm³/mol. The number of carbonyl (C=O) groups is 1. The summed E-state index contributed by atoms with van der Waals surface area (Å²) in [6.45, 7) is 3.24. The molecular formula is C30H23F8NO6S. The van der Waals surface area contributed by atoms with Crippen molar-refractivity contribution >= 4 is 21.8 Å². The maximum absolute atomic E-state index is 14.2. The van der Waals surface area contributed by atoms with Crippen LogP contribution in [0.15, 0.2) is 47.4 Å². The van der Waals surface area contributed by atoms with Crippen LogP contribution in [0.5, 0.6) is 11.5 Å². The third-order valence-corrected chi connectivity index (χ3v) is 8.89. The summed E-state index contributed by atoms with van der Waals surface area (Å²) in [5.41, 5.74) is -0.581. The first-order valence-corrected chi connectivity index (χ1v) is 14.9. The fourth-order valence-electron chi connectivity index (χ4n) is 5.48. The van der Waals surface area contributed by atoms with Gasteiger partial charge in [0.2, 0.25) is 34.8 Å². The second-order valence-electron chi connectivity index (χ2n) is 11.3. The lowest BCUT2D eigenvalue weighted by atomic mass is 9.76. The second-order valence-corrected chi connectivity index (χ2v) is 12.8. The van der Waals surface area contributed by atoms with Crippen molar-refractivity contribution in [3.63, 3.8) is 0 Å². The highest BCUT2D eigenvalue weighted by Gasteiger charge is 2.39. The molecule has 1 unspecified atom stereocenters. The van der Waals surface area contributed by atoms with Crippen LogP contribution < -0.4 is 8.92 Å². The zero-order valence-electron chi connectivity index (χ0n) is 23.8. The third-order valence-electron chi connectivity index (χ3n) is 7.68. The minimum atomic E-state index is -5.22. The van der Waals surface area contributed by atoms with Crippen molar-refractivity contribution < 1.29 is 62.4 Å². The summed E-state index contributed by atoms with van der Waals surface area (Å²) in [6, 6.07) is 6.24. The summed E-state index contributed by atoms with van der Waals surface area (Å²) >= 11 is 0. The number of fused-ring (bicyclic) bond motifs is 1. The van der Waals surface area contributed by atoms with E-state index in [1.165, 1.54) is 18.2 Å². The predicted octanol–water partition coefficient (Wildman–Crippen LogP) is 7.63. The lowest BCUT2D eigenvalue weighted by Crippen LogP contribution is -2.36. The van der Waals surface area contributed by atoms with Crippen molar-refractivity contribution in [1.29, 1.82) is 0 Å². The van der Waals surface area contributed by atoms with Crippen LogP contribution in [0, 0.1) is 29.1 Å². The van der Waals surface area contributed by atoms with Gasteiger partial charge in [-0.05, 0) is 61.6 Å². The first-order chi connectivity index (χ1) is 21.3. The van der Waals surface area contributed by atoms with E-state index >= 15 is 0 Å². The monoisotopic (exact) mass is 677 g/mol. The summed E-state index contributed by atoms with van der Waals surface area (Å²) in [5.74, 6) is -15.2. The molecule has 16 heteroatoms. The minimum Gasteiger partial charge on any atom is -0.487 e. The van der Waals surface area contributed by atoms with Crippen molar-refractivity contribution in [2.24, 2.45) is 0 Å². The number of rotatable bonds is 5. The van der Waals surface area contributed by atoms with Gasteiger partial charge in [-0.1, -0.05) is 18.2 Å². The zero-order chi connectivity index (χ0) is 33.9. The first kappa shape index (κ1) is 33.0. The molecule has 5 rings (SSSR count). The van der Waals surface area contributed by atoms with E-state index in [2.05, 4.69) is 4.18 Å². The lowest BCUT2D eigenvalue weighted by molar-refractivity contribution is -0.137. The molecule has 0 aromatic heterocycles. The van der Waals surface area contributed by atoms with E-state index in [0.29, 0.717) is 16.7 Å². The van der Waals surface area contributed by atoms with E-state index in [-0.39, 0.29) is 37.2 Å². The molecule has 1 amide bonds. The number of benzene rings is 3. The second kappa shape index (κ2) is 11.5. The van der Waals surface area contributed by atoms with Gasteiger partial charge in [-0.15, -0.1) is 0 Å². The molecule has 0 fully saturated rings. The molecule has 0 saturated heterocycles. The van der Waals surface area contributed by atoms with Gasteiger partial charge in [0, 0.05) is 30.6 Å². The Hall–Kier alpha value is -4.34. The van der Waals surface area contributed by atoms with Gasteiger partial charge in [-0.2, -0.15) is 30.4 Å². The average Bonchev–Trinajstić information content (AvgIpc) is 2.99. The molecule has 1 atom stereocenters. The molecule has 0 radical (unpaired) electrons. The Labute approximate surface area is 256 Å². The normalized spacial score (nSPS) is 18.0. The summed E-state index contributed by atoms with van der Waals surface area (Å²) in [4.78, 5) is 11.7. The number of carboxylic acid groups (broad SMARTS) is 1. The first-order valence-electron chi connectivity index (χ1n) is 13.5. The Morgan fingerprint density at radius 1 is 0.957 bits per heavy atom. The Balaban J connectivity index is 1.59. The topological polar surface area (TPSA) is 93.1 Å². The maximum Gasteiger partial charge on any atom is 0.416 e. The van der Waals surface area contributed by atoms with Gasteiger partial charge in [0.25, 0.3) is 0 Å². The molecular weight excluding hydrogens is 654 g/mol. The summed E-state index contributed by atoms with van der Waals surface area (Å²) in [5, 5.41) is 9.29. The van der Waals surface area contributed by atoms with Gasteiger partial charge >= 0.3 is 22.4 Å². The molecule has 3 aromatic rings. The molecule has 2 aliphatic heterocycles. The smallest absolute Gasteiger partial charge is 0.416 e. The molecule has 46 heavy (non-hydrogen) atoms. The number of ether oxygens (including phenoxy) is 1. The Bertz CT molecular complexity index is 1860. The quantitative estimate of drug-likeness (QED) is 0.129. The minimum absolute atomic E-state index is 0.0387. The molecule has 2 heterocycles. The highest BCUT2D eigenvalue weighted by Crippen LogP contribution is 2.48. The summed E-state index contributed by atoms with van der Waals surface area (Å²) in [7, 11) is -5.22. The molecule has 246 valence electrons. The number of alkyl halides is 3. The standard InChI is InChI=1S/C30H23F8NO6S/c1-29(2)13-20(17-5-3-15(30(36,37)38)11-19(17)14-7-9-39(10-8-14)28(40)41)18-6-4-16(12-21(18)44-29)46(42,43)45-27-25(34)23(32)22(31)24(33)26(27)35/h3-7,11-12,20H,8-10,13H2,1-2H3,(H,40,41). The molecule has 0 aliphatic carbocycles. The van der Waals surface area contributed by atoms with Crippen molar-refractivity contribution in [2.45, 2.75) is 49.3 Å². The SMILES string of the molecule is CC1(C)CC(c2ccc(C(F)(F)F)cc2C2=CCN(C(=O)O)CC2)c2ccc(S(=O)(=O)Oc3c(F)c(F)c(F)c(F)c3F)cc2O1. The van der Waals surface area contributed by atoms with Crippen molar-refractivity contribution in [2.75, 3.05) is 13.1 Å². The number of hydrogen-bond acceptors (Lipinski definition) is 5. The van der Waals surface area contributed by atoms with E-state index < -0.39 is 79.2 Å². The third kappa shape index (κ3) is 6.09. The number of halogens is 8. The van der Waals surface area contributed by atoms with Gasteiger partial charge in [0.1, 0.15) is 16.2 Å². The van der Waals surface area contributed by atoms with Gasteiger partial charge < -0.3 is 18.9 Å². The van der Waals surface area contributed by atoms with E-state index in [4.69, 9.17) is 4.74 Å². The molecule has 0 spiro atoms. The van der Waals surface area contributed by atoms with E-state index in [0.717, 1.165) is 29.2 Å². The molecule has 0 bridgehead atoms. The van der Waals surface area contributed by atoms with Crippen molar-refractivity contribution in [1.82, 2.24) is 4.90 Å². The van der Waals surface area contributed by atoms with E-state index in [1.807, 2.05) is 0 Å². The van der Waals surface area contributed by atoms with Crippen molar-refractivity contribution in [3.8, 4) is 11.5 Å². The van der Waals surface area contributed by atoms with Gasteiger partial charge in [-0.25, -0.2) is 18.0 Å². The number of hydrogen-bond donors (Lipinski definition) is 1. The van der Waals surface area contributed by atoms with Crippen LogP contribution in [-0.4, -0.2) is 43.2 Å². The van der Waals surface area contributed by atoms with Crippen LogP contribution in [-0.2, 0) is 16.3 Å². The maximum atomic E-state index is 14.2. The fourth-order valence-corrected chi connectivity index (χ4v) is 6.43. The van der Waals surface area contributed by atoms with Crippen molar-refractivity contribution in [3.05, 3.63) is 93.8 Å². The molecule has 0 saturated carbocycles. The van der Waals surface area contributed by atoms with E-state index in [1.54, 1.807) is 13.8 Å². The Morgan fingerprint density at radius 3 is 2.13 bits per heavy atom. The fraction of sp³-hybridized carbons (Fsp3) is 0.300. The van der Waals surface area contributed by atoms with Gasteiger partial charge in [-0.3, -0.25) is 0 Å². The Morgan fingerprint density at radius 2 is 1.57 bits per heavy atom. The number of amides is 1. The molecule has 1 N–H and O–H groups in total. The highest BCUT2D eigenvalue weighted by molar-refractivity contribution is 7.87. The number of nitrogens with zero attached hydrogens (tertiary/aromatic N) is 1. The van der Waals surface area contributed by atoms with E-state index in [9.17, 15) is 53.4 Å². The van der Waals surface area contributed by atoms with Crippen LogP contribution in [0.4, 0.5) is 39.9 Å². The Kier molecular flexibility index (Phi) is 8.24. The average molecular weight is 678 g/mol. The van der Waals surface area contributed by atoms with Gasteiger partial charge in [0.15, 0.2) is 0 Å². The summed E-state index contributed by atoms with van der Waals surface area (Å²) in [6.07, 6.45) is -4.04.